The molecule has 0 aromatic heterocycles. The fraction of sp³-hybridized carbons (Fsp3) is 0.350. The predicted octanol–water partition coefficient (Wildman–Crippen LogP) is 4.46. The number of hydrogen-bond donors (Lipinski definition) is 2. The molecule has 6 heteroatoms. The topological polar surface area (TPSA) is 54.9 Å². The zero-order valence-electron chi connectivity index (χ0n) is 15.8. The van der Waals surface area contributed by atoms with Gasteiger partial charge in [0.1, 0.15) is 0 Å². The second-order valence-corrected chi connectivity index (χ2v) is 5.47. The number of aryl methyl sites for hydroxylation is 1. The summed E-state index contributed by atoms with van der Waals surface area (Å²) in [5, 5.41) is 6.65. The summed E-state index contributed by atoms with van der Waals surface area (Å²) >= 11 is 0. The molecule has 0 heterocycles. The summed E-state index contributed by atoms with van der Waals surface area (Å²) in [6.07, 6.45) is 1.01. The third-order valence-corrected chi connectivity index (χ3v) is 3.90. The highest BCUT2D eigenvalue weighted by Gasteiger charge is 2.07. The minimum absolute atomic E-state index is 0. The number of rotatable bonds is 7. The average Bonchev–Trinajstić information content (AvgIpc) is 2.65. The number of guanidine groups is 1. The molecule has 142 valence electrons. The molecule has 0 bridgehead atoms. The van der Waals surface area contributed by atoms with Gasteiger partial charge in [0.15, 0.2) is 17.5 Å². The molecule has 0 aliphatic heterocycles. The normalized spacial score (nSPS) is 10.7. The van der Waals surface area contributed by atoms with Crippen LogP contribution in [0.3, 0.4) is 0 Å². The lowest BCUT2D eigenvalue weighted by atomic mass is 10.1. The SMILES string of the molecule is CCOc1cc(NC(=NC)NCc2ccccc2CC)ccc1OC.I. The van der Waals surface area contributed by atoms with Gasteiger partial charge in [0.2, 0.25) is 0 Å². The van der Waals surface area contributed by atoms with Crippen LogP contribution in [-0.4, -0.2) is 26.7 Å². The van der Waals surface area contributed by atoms with Crippen LogP contribution in [0.2, 0.25) is 0 Å². The molecule has 26 heavy (non-hydrogen) atoms. The molecule has 0 saturated heterocycles. The molecule has 0 aliphatic carbocycles. The van der Waals surface area contributed by atoms with E-state index in [-0.39, 0.29) is 24.0 Å². The third kappa shape index (κ3) is 6.09. The number of methoxy groups -OCH3 is 1. The van der Waals surface area contributed by atoms with Crippen molar-refractivity contribution in [3.8, 4) is 11.5 Å². The van der Waals surface area contributed by atoms with E-state index in [0.717, 1.165) is 18.7 Å². The van der Waals surface area contributed by atoms with Crippen LogP contribution in [0.15, 0.2) is 47.5 Å². The smallest absolute Gasteiger partial charge is 0.195 e. The first-order valence-corrected chi connectivity index (χ1v) is 8.57. The van der Waals surface area contributed by atoms with Crippen molar-refractivity contribution < 1.29 is 9.47 Å². The monoisotopic (exact) mass is 469 g/mol. The summed E-state index contributed by atoms with van der Waals surface area (Å²) in [5.41, 5.74) is 3.51. The Hall–Kier alpha value is -1.96. The van der Waals surface area contributed by atoms with E-state index in [1.165, 1.54) is 11.1 Å². The van der Waals surface area contributed by atoms with Gasteiger partial charge in [-0.15, -0.1) is 24.0 Å². The Balaban J connectivity index is 0.00000338. The Labute approximate surface area is 173 Å². The Morgan fingerprint density at radius 1 is 1.04 bits per heavy atom. The molecule has 0 saturated carbocycles. The van der Waals surface area contributed by atoms with Gasteiger partial charge in [-0.05, 0) is 36.6 Å². The number of anilines is 1. The van der Waals surface area contributed by atoms with Crippen molar-refractivity contribution in [3.63, 3.8) is 0 Å². The van der Waals surface area contributed by atoms with E-state index in [0.29, 0.717) is 24.1 Å². The molecular weight excluding hydrogens is 441 g/mol. The van der Waals surface area contributed by atoms with E-state index in [4.69, 9.17) is 9.47 Å². The predicted molar refractivity (Wildman–Crippen MR) is 119 cm³/mol. The van der Waals surface area contributed by atoms with Gasteiger partial charge in [0, 0.05) is 25.3 Å². The maximum absolute atomic E-state index is 5.62. The number of aliphatic imine (C=N–C) groups is 1. The number of nitrogens with one attached hydrogen (secondary N) is 2. The number of ether oxygens (including phenoxy) is 2. The maximum atomic E-state index is 5.62. The van der Waals surface area contributed by atoms with Crippen LogP contribution < -0.4 is 20.1 Å². The van der Waals surface area contributed by atoms with Gasteiger partial charge < -0.3 is 20.1 Å². The van der Waals surface area contributed by atoms with Gasteiger partial charge in [0.05, 0.1) is 13.7 Å². The fourth-order valence-electron chi connectivity index (χ4n) is 2.59. The minimum atomic E-state index is 0. The minimum Gasteiger partial charge on any atom is -0.493 e. The quantitative estimate of drug-likeness (QED) is 0.357. The first-order chi connectivity index (χ1) is 12.2. The van der Waals surface area contributed by atoms with E-state index in [1.807, 2.05) is 25.1 Å². The Morgan fingerprint density at radius 2 is 1.77 bits per heavy atom. The molecule has 0 atom stereocenters. The van der Waals surface area contributed by atoms with E-state index >= 15 is 0 Å². The van der Waals surface area contributed by atoms with Crippen molar-refractivity contribution in [2.75, 3.05) is 26.1 Å². The maximum Gasteiger partial charge on any atom is 0.195 e. The summed E-state index contributed by atoms with van der Waals surface area (Å²) in [5.74, 6) is 2.13. The van der Waals surface area contributed by atoms with E-state index < -0.39 is 0 Å². The highest BCUT2D eigenvalue weighted by Crippen LogP contribution is 2.30. The summed E-state index contributed by atoms with van der Waals surface area (Å²) < 4.78 is 10.9. The van der Waals surface area contributed by atoms with E-state index in [9.17, 15) is 0 Å². The van der Waals surface area contributed by atoms with Crippen LogP contribution in [0.25, 0.3) is 0 Å². The van der Waals surface area contributed by atoms with Gasteiger partial charge >= 0.3 is 0 Å². The van der Waals surface area contributed by atoms with Crippen LogP contribution in [0.4, 0.5) is 5.69 Å². The first kappa shape index (κ1) is 22.1. The second kappa shape index (κ2) is 11.6. The van der Waals surface area contributed by atoms with E-state index in [1.54, 1.807) is 14.2 Å². The Bertz CT molecular complexity index is 720. The highest BCUT2D eigenvalue weighted by atomic mass is 127. The van der Waals surface area contributed by atoms with Crippen molar-refractivity contribution in [2.24, 2.45) is 4.99 Å². The van der Waals surface area contributed by atoms with E-state index in [2.05, 4.69) is 46.8 Å². The van der Waals surface area contributed by atoms with Gasteiger partial charge in [0.25, 0.3) is 0 Å². The molecule has 5 nitrogen and oxygen atoms in total. The third-order valence-electron chi connectivity index (χ3n) is 3.90. The molecule has 2 rings (SSSR count). The van der Waals surface area contributed by atoms with Crippen molar-refractivity contribution >= 4 is 35.6 Å². The number of nitrogens with zero attached hydrogens (tertiary/aromatic N) is 1. The van der Waals surface area contributed by atoms with Crippen LogP contribution >= 0.6 is 24.0 Å². The van der Waals surface area contributed by atoms with Gasteiger partial charge in [-0.25, -0.2) is 0 Å². The largest absolute Gasteiger partial charge is 0.493 e. The molecule has 0 radical (unpaired) electrons. The lowest BCUT2D eigenvalue weighted by molar-refractivity contribution is 0.311. The summed E-state index contributed by atoms with van der Waals surface area (Å²) in [6, 6.07) is 14.2. The highest BCUT2D eigenvalue weighted by molar-refractivity contribution is 14.0. The molecule has 0 fully saturated rings. The molecule has 0 aliphatic rings. The lowest BCUT2D eigenvalue weighted by Gasteiger charge is -2.15. The summed E-state index contributed by atoms with van der Waals surface area (Å²) in [4.78, 5) is 4.29. The summed E-state index contributed by atoms with van der Waals surface area (Å²) in [6.45, 7) is 5.42. The Kier molecular flexibility index (Phi) is 9.87. The van der Waals surface area contributed by atoms with Crippen LogP contribution in [0.5, 0.6) is 11.5 Å². The molecular formula is C20H28IN3O2. The van der Waals surface area contributed by atoms with Crippen molar-refractivity contribution in [2.45, 2.75) is 26.8 Å². The fourth-order valence-corrected chi connectivity index (χ4v) is 2.59. The average molecular weight is 469 g/mol. The molecule has 0 amide bonds. The van der Waals surface area contributed by atoms with Crippen LogP contribution in [0.1, 0.15) is 25.0 Å². The van der Waals surface area contributed by atoms with Crippen molar-refractivity contribution in [3.05, 3.63) is 53.6 Å². The Morgan fingerprint density at radius 3 is 2.38 bits per heavy atom. The molecule has 2 aromatic rings. The number of halogens is 1. The molecule has 2 aromatic carbocycles. The zero-order chi connectivity index (χ0) is 18.1. The summed E-state index contributed by atoms with van der Waals surface area (Å²) in [7, 11) is 3.39. The molecule has 0 unspecified atom stereocenters. The van der Waals surface area contributed by atoms with Gasteiger partial charge in [-0.3, -0.25) is 4.99 Å². The van der Waals surface area contributed by atoms with Crippen molar-refractivity contribution in [1.82, 2.24) is 5.32 Å². The first-order valence-electron chi connectivity index (χ1n) is 8.57. The standard InChI is InChI=1S/C20H27N3O2.HI/c1-5-15-9-7-8-10-16(15)14-22-20(21-3)23-17-11-12-18(24-4)19(13-17)25-6-2;/h7-13H,5-6,14H2,1-4H3,(H2,21,22,23);1H. The van der Waals surface area contributed by atoms with Crippen molar-refractivity contribution in [1.29, 1.82) is 0 Å². The molecule has 2 N–H and O–H groups in total. The lowest BCUT2D eigenvalue weighted by Crippen LogP contribution is -2.30. The van der Waals surface area contributed by atoms with Gasteiger partial charge in [-0.2, -0.15) is 0 Å². The zero-order valence-corrected chi connectivity index (χ0v) is 18.2. The van der Waals surface area contributed by atoms with Crippen LogP contribution in [-0.2, 0) is 13.0 Å². The number of hydrogen-bond acceptors (Lipinski definition) is 3. The number of benzene rings is 2. The van der Waals surface area contributed by atoms with Gasteiger partial charge in [-0.1, -0.05) is 31.2 Å². The van der Waals surface area contributed by atoms with Crippen LogP contribution in [0, 0.1) is 0 Å². The molecule has 0 spiro atoms. The second-order valence-electron chi connectivity index (χ2n) is 5.47.